The minimum atomic E-state index is -5.35. The largest absolute Gasteiger partial charge is 0.479 e. The van der Waals surface area contributed by atoms with Crippen molar-refractivity contribution in [3.05, 3.63) is 65.0 Å². The first kappa shape index (κ1) is 21.7. The molecule has 0 heterocycles. The highest BCUT2D eigenvalue weighted by Crippen LogP contribution is 2.22. The molecule has 3 N–H and O–H groups in total. The van der Waals surface area contributed by atoms with Crippen LogP contribution < -0.4 is 10.6 Å². The van der Waals surface area contributed by atoms with E-state index >= 15 is 0 Å². The molecule has 0 bridgehead atoms. The number of aliphatic carboxylic acids is 1. The van der Waals surface area contributed by atoms with Crippen molar-refractivity contribution in [2.24, 2.45) is 0 Å². The van der Waals surface area contributed by atoms with Gasteiger partial charge in [0.1, 0.15) is 5.82 Å². The lowest BCUT2D eigenvalue weighted by molar-refractivity contribution is -0.178. The van der Waals surface area contributed by atoms with Gasteiger partial charge in [0, 0.05) is 17.3 Å². The maximum atomic E-state index is 13.8. The SMILES string of the molecule is O=C(Nc1ccc(F)c(F)c1)c1ccc(F)c(C(=O)N[C@H](C(=O)O)C(F)(F)F)c1. The van der Waals surface area contributed by atoms with Gasteiger partial charge in [0.15, 0.2) is 11.6 Å². The molecule has 1 atom stereocenters. The summed E-state index contributed by atoms with van der Waals surface area (Å²) < 4.78 is 77.8. The minimum Gasteiger partial charge on any atom is -0.479 e. The molecular formula is C17H10F6N2O4. The molecule has 6 nitrogen and oxygen atoms in total. The first-order valence-corrected chi connectivity index (χ1v) is 7.56. The van der Waals surface area contributed by atoms with Gasteiger partial charge in [0.25, 0.3) is 11.8 Å². The molecule has 2 aromatic rings. The maximum Gasteiger partial charge on any atom is 0.419 e. The van der Waals surface area contributed by atoms with Crippen molar-refractivity contribution < 1.29 is 45.8 Å². The summed E-state index contributed by atoms with van der Waals surface area (Å²) in [4.78, 5) is 34.7. The molecule has 2 rings (SSSR count). The van der Waals surface area contributed by atoms with Crippen LogP contribution in [0.5, 0.6) is 0 Å². The van der Waals surface area contributed by atoms with Gasteiger partial charge in [-0.3, -0.25) is 9.59 Å². The first-order chi connectivity index (χ1) is 13.4. The molecule has 0 aromatic heterocycles. The van der Waals surface area contributed by atoms with Crippen LogP contribution in [0.25, 0.3) is 0 Å². The number of carboxylic acid groups (broad SMARTS) is 1. The average molecular weight is 420 g/mol. The van der Waals surface area contributed by atoms with Crippen LogP contribution in [0.4, 0.5) is 32.0 Å². The molecule has 29 heavy (non-hydrogen) atoms. The molecule has 154 valence electrons. The lowest BCUT2D eigenvalue weighted by Crippen LogP contribution is -2.50. The monoisotopic (exact) mass is 420 g/mol. The lowest BCUT2D eigenvalue weighted by atomic mass is 10.1. The van der Waals surface area contributed by atoms with Crippen LogP contribution in [0.1, 0.15) is 20.7 Å². The second kappa shape index (κ2) is 8.20. The molecule has 0 aliphatic heterocycles. The van der Waals surface area contributed by atoms with Gasteiger partial charge in [0.2, 0.25) is 6.04 Å². The Morgan fingerprint density at radius 3 is 2.03 bits per heavy atom. The highest BCUT2D eigenvalue weighted by molar-refractivity contribution is 6.06. The summed E-state index contributed by atoms with van der Waals surface area (Å²) in [6.07, 6.45) is -5.35. The second-order valence-electron chi connectivity index (χ2n) is 5.56. The van der Waals surface area contributed by atoms with Gasteiger partial charge in [-0.25, -0.2) is 18.0 Å². The van der Waals surface area contributed by atoms with Crippen LogP contribution in [0.2, 0.25) is 0 Å². The third-order valence-electron chi connectivity index (χ3n) is 3.50. The van der Waals surface area contributed by atoms with Crippen molar-refractivity contribution in [3.63, 3.8) is 0 Å². The summed E-state index contributed by atoms with van der Waals surface area (Å²) in [6, 6.07) is 1.12. The smallest absolute Gasteiger partial charge is 0.419 e. The van der Waals surface area contributed by atoms with Crippen molar-refractivity contribution in [1.29, 1.82) is 0 Å². The fourth-order valence-electron chi connectivity index (χ4n) is 2.11. The van der Waals surface area contributed by atoms with E-state index in [4.69, 9.17) is 5.11 Å². The molecule has 2 aromatic carbocycles. The van der Waals surface area contributed by atoms with Crippen molar-refractivity contribution in [2.45, 2.75) is 12.2 Å². The number of rotatable bonds is 5. The summed E-state index contributed by atoms with van der Waals surface area (Å²) in [5, 5.41) is 11.8. The van der Waals surface area contributed by atoms with Crippen molar-refractivity contribution in [3.8, 4) is 0 Å². The molecular weight excluding hydrogens is 410 g/mol. The van der Waals surface area contributed by atoms with Gasteiger partial charge in [0.05, 0.1) is 5.56 Å². The normalized spacial score (nSPS) is 12.2. The van der Waals surface area contributed by atoms with E-state index in [1.54, 1.807) is 0 Å². The number of nitrogens with one attached hydrogen (secondary N) is 2. The Bertz CT molecular complexity index is 977. The molecule has 0 fully saturated rings. The number of benzene rings is 2. The summed E-state index contributed by atoms with van der Waals surface area (Å²) in [7, 11) is 0. The standard InChI is InChI=1S/C17H10F6N2O4/c18-10-3-1-7(14(26)24-8-2-4-11(19)12(20)6-8)5-9(10)15(27)25-13(16(28)29)17(21,22)23/h1-6,13H,(H,24,26)(H,25,27)(H,28,29)/t13-/m1/s1. The number of alkyl halides is 3. The van der Waals surface area contributed by atoms with Crippen LogP contribution in [0.3, 0.4) is 0 Å². The zero-order chi connectivity index (χ0) is 21.9. The number of hydrogen-bond acceptors (Lipinski definition) is 3. The van der Waals surface area contributed by atoms with Gasteiger partial charge in [-0.2, -0.15) is 13.2 Å². The van der Waals surface area contributed by atoms with Gasteiger partial charge in [-0.15, -0.1) is 0 Å². The Morgan fingerprint density at radius 2 is 1.48 bits per heavy atom. The highest BCUT2D eigenvalue weighted by atomic mass is 19.4. The molecule has 0 aliphatic rings. The molecule has 0 unspecified atom stereocenters. The number of amides is 2. The third kappa shape index (κ3) is 5.24. The van der Waals surface area contributed by atoms with Gasteiger partial charge in [-0.1, -0.05) is 0 Å². The van der Waals surface area contributed by atoms with E-state index in [-0.39, 0.29) is 5.69 Å². The third-order valence-corrected chi connectivity index (χ3v) is 3.50. The van der Waals surface area contributed by atoms with Crippen LogP contribution in [-0.2, 0) is 4.79 Å². The zero-order valence-electron chi connectivity index (χ0n) is 14.0. The van der Waals surface area contributed by atoms with Gasteiger partial charge >= 0.3 is 12.1 Å². The number of anilines is 1. The summed E-state index contributed by atoms with van der Waals surface area (Å²) in [5.74, 6) is -8.93. The Hall–Kier alpha value is -3.57. The molecule has 2 amide bonds. The summed E-state index contributed by atoms with van der Waals surface area (Å²) >= 11 is 0. The maximum absolute atomic E-state index is 13.8. The predicted octanol–water partition coefficient (Wildman–Crippen LogP) is 3.10. The van der Waals surface area contributed by atoms with E-state index in [1.165, 1.54) is 0 Å². The van der Waals surface area contributed by atoms with Crippen molar-refractivity contribution in [2.75, 3.05) is 5.32 Å². The molecule has 12 heteroatoms. The van der Waals surface area contributed by atoms with E-state index < -0.39 is 58.6 Å². The predicted molar refractivity (Wildman–Crippen MR) is 85.7 cm³/mol. The van der Waals surface area contributed by atoms with Crippen molar-refractivity contribution >= 4 is 23.5 Å². The second-order valence-corrected chi connectivity index (χ2v) is 5.56. The fraction of sp³-hybridized carbons (Fsp3) is 0.118. The Labute approximate surface area is 158 Å². The van der Waals surface area contributed by atoms with E-state index in [0.717, 1.165) is 23.5 Å². The number of hydrogen-bond donors (Lipinski definition) is 3. The topological polar surface area (TPSA) is 95.5 Å². The highest BCUT2D eigenvalue weighted by Gasteiger charge is 2.46. The lowest BCUT2D eigenvalue weighted by Gasteiger charge is -2.17. The first-order valence-electron chi connectivity index (χ1n) is 7.56. The van der Waals surface area contributed by atoms with E-state index in [9.17, 15) is 40.7 Å². The molecule has 0 saturated heterocycles. The van der Waals surface area contributed by atoms with Crippen LogP contribution in [0, 0.1) is 17.5 Å². The van der Waals surface area contributed by atoms with E-state index in [0.29, 0.717) is 18.2 Å². The zero-order valence-corrected chi connectivity index (χ0v) is 14.0. The molecule has 0 radical (unpaired) electrons. The molecule has 0 spiro atoms. The van der Waals surface area contributed by atoms with Crippen LogP contribution >= 0.6 is 0 Å². The number of halogens is 6. The van der Waals surface area contributed by atoms with E-state index in [2.05, 4.69) is 5.32 Å². The van der Waals surface area contributed by atoms with Crippen LogP contribution in [0.15, 0.2) is 36.4 Å². The Balaban J connectivity index is 2.26. The van der Waals surface area contributed by atoms with Gasteiger partial charge in [-0.05, 0) is 30.3 Å². The summed E-state index contributed by atoms with van der Waals surface area (Å²) in [5.41, 5.74) is -1.63. The average Bonchev–Trinajstić information content (AvgIpc) is 2.61. The molecule has 0 saturated carbocycles. The quantitative estimate of drug-likeness (QED) is 0.648. The number of carbonyl (C=O) groups is 3. The fourth-order valence-corrected chi connectivity index (χ4v) is 2.11. The van der Waals surface area contributed by atoms with E-state index in [1.807, 2.05) is 0 Å². The van der Waals surface area contributed by atoms with Gasteiger partial charge < -0.3 is 15.7 Å². The minimum absolute atomic E-state index is 0.188. The number of carboxylic acids is 1. The molecule has 0 aliphatic carbocycles. The van der Waals surface area contributed by atoms with Crippen molar-refractivity contribution in [1.82, 2.24) is 5.32 Å². The Morgan fingerprint density at radius 1 is 0.862 bits per heavy atom. The summed E-state index contributed by atoms with van der Waals surface area (Å²) in [6.45, 7) is 0. The number of carbonyl (C=O) groups excluding carboxylic acids is 2. The van der Waals surface area contributed by atoms with Crippen LogP contribution in [-0.4, -0.2) is 35.1 Å². The Kier molecular flexibility index (Phi) is 6.15.